The standard InChI is InChI=1S/C24H29N5O2/c1-3-25-24(29-14-12-28(13-15-29)21-6-4-5-7-22(21)30)26-16-20-17-31-23(27-20)19-10-8-18(2)9-11-19/h4-11,17,30H,3,12-16H2,1-2H3,(H,25,26). The molecule has 1 aliphatic rings. The Kier molecular flexibility index (Phi) is 6.40. The minimum Gasteiger partial charge on any atom is -0.506 e. The van der Waals surface area contributed by atoms with Crippen LogP contribution in [0.15, 0.2) is 64.2 Å². The molecule has 0 radical (unpaired) electrons. The number of piperazine rings is 1. The van der Waals surface area contributed by atoms with Crippen LogP contribution in [0.3, 0.4) is 0 Å². The normalized spacial score (nSPS) is 14.7. The zero-order chi connectivity index (χ0) is 21.6. The number of hydrogen-bond donors (Lipinski definition) is 2. The molecule has 1 fully saturated rings. The van der Waals surface area contributed by atoms with Crippen LogP contribution in [-0.2, 0) is 6.54 Å². The summed E-state index contributed by atoms with van der Waals surface area (Å²) in [6, 6.07) is 15.6. The number of benzene rings is 2. The molecule has 1 aromatic heterocycles. The molecule has 1 saturated heterocycles. The highest BCUT2D eigenvalue weighted by molar-refractivity contribution is 5.80. The second-order valence-corrected chi connectivity index (χ2v) is 7.64. The van der Waals surface area contributed by atoms with Crippen LogP contribution in [0.1, 0.15) is 18.2 Å². The molecule has 4 rings (SSSR count). The van der Waals surface area contributed by atoms with Crippen molar-refractivity contribution >= 4 is 11.6 Å². The summed E-state index contributed by atoms with van der Waals surface area (Å²) in [6.45, 7) is 8.68. The van der Waals surface area contributed by atoms with Gasteiger partial charge in [0.1, 0.15) is 17.7 Å². The van der Waals surface area contributed by atoms with Crippen molar-refractivity contribution in [3.63, 3.8) is 0 Å². The van der Waals surface area contributed by atoms with Gasteiger partial charge in [-0.2, -0.15) is 0 Å². The number of oxazole rings is 1. The van der Waals surface area contributed by atoms with Gasteiger partial charge in [0.05, 0.1) is 12.2 Å². The van der Waals surface area contributed by atoms with Crippen LogP contribution in [0.2, 0.25) is 0 Å². The molecule has 7 nitrogen and oxygen atoms in total. The number of phenolic OH excluding ortho intramolecular Hbond substituents is 1. The van der Waals surface area contributed by atoms with Crippen molar-refractivity contribution < 1.29 is 9.52 Å². The highest BCUT2D eigenvalue weighted by atomic mass is 16.3. The number of aliphatic imine (C=N–C) groups is 1. The molecule has 2 aromatic carbocycles. The van der Waals surface area contributed by atoms with Gasteiger partial charge < -0.3 is 24.6 Å². The fourth-order valence-electron chi connectivity index (χ4n) is 3.68. The molecule has 1 aliphatic heterocycles. The van der Waals surface area contributed by atoms with Gasteiger partial charge in [0.2, 0.25) is 5.89 Å². The average molecular weight is 420 g/mol. The van der Waals surface area contributed by atoms with Gasteiger partial charge in [-0.25, -0.2) is 9.98 Å². The van der Waals surface area contributed by atoms with Crippen molar-refractivity contribution in [3.05, 3.63) is 66.1 Å². The maximum Gasteiger partial charge on any atom is 0.226 e. The maximum atomic E-state index is 10.1. The van der Waals surface area contributed by atoms with E-state index < -0.39 is 0 Å². The van der Waals surface area contributed by atoms with Crippen LogP contribution >= 0.6 is 0 Å². The Bertz CT molecular complexity index is 1020. The van der Waals surface area contributed by atoms with Crippen LogP contribution in [0.5, 0.6) is 5.75 Å². The van der Waals surface area contributed by atoms with Crippen molar-refractivity contribution in [1.29, 1.82) is 0 Å². The van der Waals surface area contributed by atoms with Gasteiger partial charge in [-0.3, -0.25) is 0 Å². The Labute approximate surface area is 183 Å². The number of nitrogens with one attached hydrogen (secondary N) is 1. The molecule has 31 heavy (non-hydrogen) atoms. The maximum absolute atomic E-state index is 10.1. The minimum absolute atomic E-state index is 0.326. The molecule has 0 atom stereocenters. The van der Waals surface area contributed by atoms with E-state index in [0.717, 1.165) is 55.6 Å². The number of phenols is 1. The quantitative estimate of drug-likeness (QED) is 0.486. The van der Waals surface area contributed by atoms with Crippen LogP contribution in [-0.4, -0.2) is 53.7 Å². The van der Waals surface area contributed by atoms with Gasteiger partial charge in [0, 0.05) is 38.3 Å². The molecule has 0 aliphatic carbocycles. The monoisotopic (exact) mass is 419 g/mol. The summed E-state index contributed by atoms with van der Waals surface area (Å²) in [7, 11) is 0. The van der Waals surface area contributed by atoms with Gasteiger partial charge in [-0.05, 0) is 38.1 Å². The second kappa shape index (κ2) is 9.55. The number of anilines is 1. The second-order valence-electron chi connectivity index (χ2n) is 7.64. The number of aromatic hydroxyl groups is 1. The third-order valence-electron chi connectivity index (χ3n) is 5.38. The van der Waals surface area contributed by atoms with E-state index in [1.54, 1.807) is 12.3 Å². The predicted octanol–water partition coefficient (Wildman–Crippen LogP) is 3.64. The molecule has 0 saturated carbocycles. The molecule has 0 spiro atoms. The lowest BCUT2D eigenvalue weighted by atomic mass is 10.1. The molecular weight excluding hydrogens is 390 g/mol. The first-order valence-electron chi connectivity index (χ1n) is 10.7. The number of guanidine groups is 1. The summed E-state index contributed by atoms with van der Waals surface area (Å²) in [5.41, 5.74) is 3.86. The zero-order valence-electron chi connectivity index (χ0n) is 18.1. The Hall–Kier alpha value is -3.48. The van der Waals surface area contributed by atoms with E-state index in [-0.39, 0.29) is 0 Å². The van der Waals surface area contributed by atoms with E-state index in [2.05, 4.69) is 46.1 Å². The molecule has 162 valence electrons. The topological polar surface area (TPSA) is 77.1 Å². The summed E-state index contributed by atoms with van der Waals surface area (Å²) < 4.78 is 5.66. The minimum atomic E-state index is 0.326. The van der Waals surface area contributed by atoms with E-state index in [0.29, 0.717) is 18.2 Å². The highest BCUT2D eigenvalue weighted by Gasteiger charge is 2.21. The molecule has 0 amide bonds. The summed E-state index contributed by atoms with van der Waals surface area (Å²) >= 11 is 0. The van der Waals surface area contributed by atoms with Crippen molar-refractivity contribution in [1.82, 2.24) is 15.2 Å². The lowest BCUT2D eigenvalue weighted by Crippen LogP contribution is -2.52. The van der Waals surface area contributed by atoms with E-state index in [4.69, 9.17) is 9.41 Å². The molecule has 2 heterocycles. The Morgan fingerprint density at radius 3 is 2.55 bits per heavy atom. The first-order chi connectivity index (χ1) is 15.1. The number of rotatable bonds is 5. The third-order valence-corrected chi connectivity index (χ3v) is 5.38. The molecule has 3 aromatic rings. The summed E-state index contributed by atoms with van der Waals surface area (Å²) in [6.07, 6.45) is 1.68. The van der Waals surface area contributed by atoms with Crippen molar-refractivity contribution in [2.45, 2.75) is 20.4 Å². The molecule has 7 heteroatoms. The van der Waals surface area contributed by atoms with E-state index in [9.17, 15) is 5.11 Å². The Balaban J connectivity index is 1.40. The molecule has 2 N–H and O–H groups in total. The van der Waals surface area contributed by atoms with E-state index >= 15 is 0 Å². The van der Waals surface area contributed by atoms with Crippen LogP contribution < -0.4 is 10.2 Å². The Morgan fingerprint density at radius 1 is 1.10 bits per heavy atom. The highest BCUT2D eigenvalue weighted by Crippen LogP contribution is 2.27. The molecule has 0 unspecified atom stereocenters. The molecule has 0 bridgehead atoms. The lowest BCUT2D eigenvalue weighted by Gasteiger charge is -2.37. The lowest BCUT2D eigenvalue weighted by molar-refractivity contribution is 0.369. The molecular formula is C24H29N5O2. The van der Waals surface area contributed by atoms with Gasteiger partial charge in [-0.1, -0.05) is 29.8 Å². The predicted molar refractivity (Wildman–Crippen MR) is 123 cm³/mol. The van der Waals surface area contributed by atoms with Crippen LogP contribution in [0.25, 0.3) is 11.5 Å². The van der Waals surface area contributed by atoms with Crippen molar-refractivity contribution in [2.75, 3.05) is 37.6 Å². The zero-order valence-corrected chi connectivity index (χ0v) is 18.1. The summed E-state index contributed by atoms with van der Waals surface area (Å²) in [5, 5.41) is 13.5. The van der Waals surface area contributed by atoms with Crippen molar-refractivity contribution in [3.8, 4) is 17.2 Å². The van der Waals surface area contributed by atoms with Crippen LogP contribution in [0, 0.1) is 6.92 Å². The first kappa shape index (κ1) is 20.8. The SMILES string of the molecule is CCNC(=NCc1coc(-c2ccc(C)cc2)n1)N1CCN(c2ccccc2O)CC1. The number of hydrogen-bond acceptors (Lipinski definition) is 5. The number of aryl methyl sites for hydroxylation is 1. The Morgan fingerprint density at radius 2 is 1.84 bits per heavy atom. The van der Waals surface area contributed by atoms with E-state index in [1.165, 1.54) is 5.56 Å². The first-order valence-corrected chi connectivity index (χ1v) is 10.7. The van der Waals surface area contributed by atoms with Gasteiger partial charge in [0.25, 0.3) is 0 Å². The van der Waals surface area contributed by atoms with Gasteiger partial charge in [-0.15, -0.1) is 0 Å². The van der Waals surface area contributed by atoms with Gasteiger partial charge >= 0.3 is 0 Å². The average Bonchev–Trinajstić information content (AvgIpc) is 3.27. The fraction of sp³-hybridized carbons (Fsp3) is 0.333. The number of para-hydroxylation sites is 2. The smallest absolute Gasteiger partial charge is 0.226 e. The largest absolute Gasteiger partial charge is 0.506 e. The van der Waals surface area contributed by atoms with Gasteiger partial charge in [0.15, 0.2) is 5.96 Å². The third kappa shape index (κ3) is 4.99. The fourth-order valence-corrected chi connectivity index (χ4v) is 3.68. The number of aromatic nitrogens is 1. The summed E-state index contributed by atoms with van der Waals surface area (Å²) in [5.74, 6) is 1.82. The summed E-state index contributed by atoms with van der Waals surface area (Å²) in [4.78, 5) is 13.8. The van der Waals surface area contributed by atoms with Crippen molar-refractivity contribution in [2.24, 2.45) is 4.99 Å². The number of nitrogens with zero attached hydrogens (tertiary/aromatic N) is 4. The van der Waals surface area contributed by atoms with E-state index in [1.807, 2.05) is 30.3 Å². The van der Waals surface area contributed by atoms with Crippen LogP contribution in [0.4, 0.5) is 5.69 Å².